The van der Waals surface area contributed by atoms with Crippen LogP contribution >= 0.6 is 0 Å². The van der Waals surface area contributed by atoms with Gasteiger partial charge in [-0.05, 0) is 6.08 Å². The molecule has 6 heteroatoms. The third-order valence-electron chi connectivity index (χ3n) is 1.66. The summed E-state index contributed by atoms with van der Waals surface area (Å²) in [4.78, 5) is 32.3. The predicted molar refractivity (Wildman–Crippen MR) is 55.3 cm³/mol. The van der Waals surface area contributed by atoms with Gasteiger partial charge in [0.2, 0.25) is 5.91 Å². The molecule has 0 aliphatic heterocycles. The van der Waals surface area contributed by atoms with Crippen LogP contribution in [0.1, 0.15) is 6.92 Å². The molecule has 6 nitrogen and oxygen atoms in total. The van der Waals surface area contributed by atoms with Gasteiger partial charge in [0, 0.05) is 12.5 Å². The van der Waals surface area contributed by atoms with Crippen LogP contribution in [0.3, 0.4) is 0 Å². The minimum atomic E-state index is -1.04. The van der Waals surface area contributed by atoms with Crippen molar-refractivity contribution in [2.75, 3.05) is 20.3 Å². The molecule has 1 N–H and O–H groups in total. The van der Waals surface area contributed by atoms with Crippen LogP contribution in [0.2, 0.25) is 0 Å². The van der Waals surface area contributed by atoms with E-state index in [2.05, 4.69) is 21.4 Å². The molecule has 1 amide bonds. The fourth-order valence-electron chi connectivity index (χ4n) is 0.766. The van der Waals surface area contributed by atoms with Crippen molar-refractivity contribution >= 4 is 17.8 Å². The summed E-state index contributed by atoms with van der Waals surface area (Å²) in [5.41, 5.74) is 0. The Labute approximate surface area is 93.6 Å². The highest BCUT2D eigenvalue weighted by atomic mass is 16.6. The molecular weight excluding hydrogens is 214 g/mol. The Morgan fingerprint density at radius 1 is 1.38 bits per heavy atom. The summed E-state index contributed by atoms with van der Waals surface area (Å²) in [6, 6.07) is 0. The first-order valence-corrected chi connectivity index (χ1v) is 4.66. The molecule has 0 fully saturated rings. The van der Waals surface area contributed by atoms with E-state index in [1.165, 1.54) is 0 Å². The molecule has 0 saturated heterocycles. The predicted octanol–water partition coefficient (Wildman–Crippen LogP) is -0.359. The van der Waals surface area contributed by atoms with E-state index in [1.54, 1.807) is 6.92 Å². The zero-order chi connectivity index (χ0) is 12.6. The van der Waals surface area contributed by atoms with Crippen LogP contribution in [0.4, 0.5) is 0 Å². The number of esters is 2. The molecule has 0 saturated carbocycles. The van der Waals surface area contributed by atoms with Gasteiger partial charge >= 0.3 is 11.9 Å². The molecule has 1 atom stereocenters. The SMILES string of the molecule is C=CC(=O)NCC(C)COC(=O)C(=O)OC. The first kappa shape index (κ1) is 14.2. The molecule has 0 radical (unpaired) electrons. The van der Waals surface area contributed by atoms with E-state index in [4.69, 9.17) is 0 Å². The molecule has 0 aromatic rings. The zero-order valence-corrected chi connectivity index (χ0v) is 9.32. The summed E-state index contributed by atoms with van der Waals surface area (Å²) < 4.78 is 8.80. The monoisotopic (exact) mass is 229 g/mol. The van der Waals surface area contributed by atoms with Crippen molar-refractivity contribution in [3.05, 3.63) is 12.7 Å². The first-order valence-electron chi connectivity index (χ1n) is 4.66. The lowest BCUT2D eigenvalue weighted by atomic mass is 10.2. The van der Waals surface area contributed by atoms with Gasteiger partial charge in [0.05, 0.1) is 13.7 Å². The number of amides is 1. The maximum absolute atomic E-state index is 10.9. The Bertz CT molecular complexity index is 287. The molecule has 0 aromatic heterocycles. The summed E-state index contributed by atoms with van der Waals surface area (Å²) in [5, 5.41) is 2.53. The summed E-state index contributed by atoms with van der Waals surface area (Å²) in [5.74, 6) is -2.48. The third kappa shape index (κ3) is 5.79. The summed E-state index contributed by atoms with van der Waals surface area (Å²) in [7, 11) is 1.09. The smallest absolute Gasteiger partial charge is 0.417 e. The van der Waals surface area contributed by atoms with Crippen molar-refractivity contribution in [1.82, 2.24) is 5.32 Å². The second-order valence-electron chi connectivity index (χ2n) is 3.14. The van der Waals surface area contributed by atoms with Crippen LogP contribution in [0.25, 0.3) is 0 Å². The van der Waals surface area contributed by atoms with Crippen LogP contribution in [-0.4, -0.2) is 38.1 Å². The number of rotatable bonds is 5. The Morgan fingerprint density at radius 3 is 2.50 bits per heavy atom. The molecule has 0 aromatic carbocycles. The van der Waals surface area contributed by atoms with Crippen molar-refractivity contribution in [3.8, 4) is 0 Å². The Kier molecular flexibility index (Phi) is 6.58. The molecule has 16 heavy (non-hydrogen) atoms. The highest BCUT2D eigenvalue weighted by Gasteiger charge is 2.16. The van der Waals surface area contributed by atoms with Gasteiger partial charge in [0.25, 0.3) is 0 Å². The van der Waals surface area contributed by atoms with Gasteiger partial charge in [-0.3, -0.25) is 4.79 Å². The molecule has 0 spiro atoms. The van der Waals surface area contributed by atoms with Crippen LogP contribution < -0.4 is 5.32 Å². The van der Waals surface area contributed by atoms with E-state index in [-0.39, 0.29) is 18.4 Å². The Morgan fingerprint density at radius 2 is 2.00 bits per heavy atom. The van der Waals surface area contributed by atoms with Crippen molar-refractivity contribution in [1.29, 1.82) is 0 Å². The van der Waals surface area contributed by atoms with E-state index < -0.39 is 11.9 Å². The lowest BCUT2D eigenvalue weighted by Gasteiger charge is -2.11. The minimum absolute atomic E-state index is 0.0331. The largest absolute Gasteiger partial charge is 0.461 e. The van der Waals surface area contributed by atoms with Crippen molar-refractivity contribution < 1.29 is 23.9 Å². The average Bonchev–Trinajstić information content (AvgIpc) is 2.31. The summed E-state index contributed by atoms with van der Waals surface area (Å²) in [6.07, 6.45) is 1.15. The standard InChI is InChI=1S/C10H15NO5/c1-4-8(12)11-5-7(2)6-16-10(14)9(13)15-3/h4,7H,1,5-6H2,2-3H3,(H,11,12). The minimum Gasteiger partial charge on any atom is -0.461 e. The van der Waals surface area contributed by atoms with E-state index in [0.29, 0.717) is 6.54 Å². The van der Waals surface area contributed by atoms with Gasteiger partial charge in [0.1, 0.15) is 0 Å². The van der Waals surface area contributed by atoms with Crippen molar-refractivity contribution in [2.24, 2.45) is 5.92 Å². The second kappa shape index (κ2) is 7.44. The van der Waals surface area contributed by atoms with E-state index in [9.17, 15) is 14.4 Å². The second-order valence-corrected chi connectivity index (χ2v) is 3.14. The zero-order valence-electron chi connectivity index (χ0n) is 9.32. The molecule has 0 aliphatic carbocycles. The quantitative estimate of drug-likeness (QED) is 0.395. The highest BCUT2D eigenvalue weighted by Crippen LogP contribution is 1.95. The van der Waals surface area contributed by atoms with Gasteiger partial charge in [-0.25, -0.2) is 9.59 Å². The topological polar surface area (TPSA) is 81.7 Å². The molecule has 0 rings (SSSR count). The highest BCUT2D eigenvalue weighted by molar-refractivity contribution is 6.29. The molecule has 90 valence electrons. The molecule has 1 unspecified atom stereocenters. The van der Waals surface area contributed by atoms with E-state index in [0.717, 1.165) is 13.2 Å². The normalized spacial score (nSPS) is 11.1. The van der Waals surface area contributed by atoms with Gasteiger partial charge in [0.15, 0.2) is 0 Å². The van der Waals surface area contributed by atoms with Gasteiger partial charge in [-0.2, -0.15) is 0 Å². The van der Waals surface area contributed by atoms with E-state index in [1.807, 2.05) is 0 Å². The summed E-state index contributed by atoms with van der Waals surface area (Å²) >= 11 is 0. The molecule has 0 heterocycles. The number of methoxy groups -OCH3 is 1. The molecule has 0 bridgehead atoms. The van der Waals surface area contributed by atoms with Crippen LogP contribution in [0, 0.1) is 5.92 Å². The number of hydrogen-bond acceptors (Lipinski definition) is 5. The maximum Gasteiger partial charge on any atom is 0.417 e. The number of carbonyl (C=O) groups excluding carboxylic acids is 3. The van der Waals surface area contributed by atoms with Crippen molar-refractivity contribution in [3.63, 3.8) is 0 Å². The van der Waals surface area contributed by atoms with Crippen LogP contribution in [0.15, 0.2) is 12.7 Å². The van der Waals surface area contributed by atoms with Crippen molar-refractivity contribution in [2.45, 2.75) is 6.92 Å². The van der Waals surface area contributed by atoms with Crippen LogP contribution in [0.5, 0.6) is 0 Å². The first-order chi connectivity index (χ1) is 7.51. The Balaban J connectivity index is 3.76. The molecular formula is C10H15NO5. The fourth-order valence-corrected chi connectivity index (χ4v) is 0.766. The lowest BCUT2D eigenvalue weighted by molar-refractivity contribution is -0.166. The lowest BCUT2D eigenvalue weighted by Crippen LogP contribution is -2.30. The van der Waals surface area contributed by atoms with Gasteiger partial charge in [-0.1, -0.05) is 13.5 Å². The van der Waals surface area contributed by atoms with Gasteiger partial charge in [-0.15, -0.1) is 0 Å². The van der Waals surface area contributed by atoms with E-state index >= 15 is 0 Å². The van der Waals surface area contributed by atoms with Crippen LogP contribution in [-0.2, 0) is 23.9 Å². The third-order valence-corrected chi connectivity index (χ3v) is 1.66. The summed E-state index contributed by atoms with van der Waals surface area (Å²) in [6.45, 7) is 5.41. The maximum atomic E-state index is 10.9. The average molecular weight is 229 g/mol. The number of ether oxygens (including phenoxy) is 2. The fraction of sp³-hybridized carbons (Fsp3) is 0.500. The molecule has 0 aliphatic rings. The Hall–Kier alpha value is -1.85. The number of nitrogens with one attached hydrogen (secondary N) is 1. The number of hydrogen-bond donors (Lipinski definition) is 1. The van der Waals surface area contributed by atoms with Gasteiger partial charge < -0.3 is 14.8 Å². The number of carbonyl (C=O) groups is 3.